The molecule has 4 rings (SSSR count). The second-order valence-electron chi connectivity index (χ2n) is 7.74. The summed E-state index contributed by atoms with van der Waals surface area (Å²) < 4.78 is 30.3. The number of nitrogens with zero attached hydrogens (tertiary/aromatic N) is 2. The third kappa shape index (κ3) is 4.64. The first-order valence-electron chi connectivity index (χ1n) is 10.6. The fourth-order valence-corrected chi connectivity index (χ4v) is 5.16. The summed E-state index contributed by atoms with van der Waals surface area (Å²) in [6, 6.07) is 22.8. The molecule has 0 amide bonds. The van der Waals surface area contributed by atoms with E-state index in [4.69, 9.17) is 4.98 Å². The van der Waals surface area contributed by atoms with E-state index in [1.54, 1.807) is 25.1 Å². The van der Waals surface area contributed by atoms with Gasteiger partial charge in [0.05, 0.1) is 15.9 Å². The summed E-state index contributed by atoms with van der Waals surface area (Å²) in [4.78, 5) is 5.13. The van der Waals surface area contributed by atoms with Crippen molar-refractivity contribution >= 4 is 26.7 Å². The molecule has 31 heavy (non-hydrogen) atoms. The van der Waals surface area contributed by atoms with Crippen LogP contribution in [0.4, 0.5) is 5.69 Å². The molecule has 0 saturated heterocycles. The van der Waals surface area contributed by atoms with E-state index in [0.29, 0.717) is 10.6 Å². The van der Waals surface area contributed by atoms with E-state index < -0.39 is 10.0 Å². The molecule has 0 aliphatic carbocycles. The summed E-state index contributed by atoms with van der Waals surface area (Å²) in [6.07, 6.45) is 2.74. The Bertz CT molecular complexity index is 1290. The lowest BCUT2D eigenvalue weighted by Crippen LogP contribution is -2.14. The first-order valence-corrected chi connectivity index (χ1v) is 12.1. The number of imidazole rings is 1. The fraction of sp³-hybridized carbons (Fsp3) is 0.240. The van der Waals surface area contributed by atoms with Crippen LogP contribution in [0.15, 0.2) is 77.7 Å². The Labute approximate surface area is 183 Å². The fourth-order valence-electron chi connectivity index (χ4n) is 3.85. The van der Waals surface area contributed by atoms with Crippen molar-refractivity contribution in [1.82, 2.24) is 9.55 Å². The molecule has 0 bridgehead atoms. The van der Waals surface area contributed by atoms with Crippen molar-refractivity contribution in [2.45, 2.75) is 44.6 Å². The molecule has 6 heteroatoms. The second kappa shape index (κ2) is 8.94. The maximum Gasteiger partial charge on any atom is 0.262 e. The van der Waals surface area contributed by atoms with Gasteiger partial charge in [0.25, 0.3) is 10.0 Å². The Kier molecular flexibility index (Phi) is 6.09. The van der Waals surface area contributed by atoms with Gasteiger partial charge >= 0.3 is 0 Å². The zero-order valence-electron chi connectivity index (χ0n) is 17.9. The number of fused-ring (bicyclic) bond motifs is 1. The van der Waals surface area contributed by atoms with Crippen LogP contribution in [0.25, 0.3) is 11.0 Å². The Balaban J connectivity index is 1.47. The van der Waals surface area contributed by atoms with E-state index in [9.17, 15) is 8.42 Å². The summed E-state index contributed by atoms with van der Waals surface area (Å²) in [5, 5.41) is 0. The molecule has 160 valence electrons. The Morgan fingerprint density at radius 3 is 2.35 bits per heavy atom. The average molecular weight is 434 g/mol. The predicted molar refractivity (Wildman–Crippen MR) is 126 cm³/mol. The van der Waals surface area contributed by atoms with Crippen molar-refractivity contribution in [3.05, 3.63) is 89.7 Å². The van der Waals surface area contributed by atoms with E-state index in [1.807, 2.05) is 36.4 Å². The summed E-state index contributed by atoms with van der Waals surface area (Å²) in [6.45, 7) is 4.92. The molecule has 0 unspecified atom stereocenters. The molecule has 0 spiro atoms. The van der Waals surface area contributed by atoms with Crippen LogP contribution in [0.2, 0.25) is 0 Å². The van der Waals surface area contributed by atoms with Crippen molar-refractivity contribution < 1.29 is 8.42 Å². The number of nitrogens with one attached hydrogen (secondary N) is 1. The van der Waals surface area contributed by atoms with Crippen molar-refractivity contribution in [2.75, 3.05) is 4.72 Å². The SMILES string of the molecule is CCCn1c(CCc2ccc(NS(=O)(=O)c3ccccc3C)cc2)nc2ccccc21. The van der Waals surface area contributed by atoms with E-state index in [1.165, 1.54) is 5.52 Å². The lowest BCUT2D eigenvalue weighted by Gasteiger charge is -2.11. The van der Waals surface area contributed by atoms with E-state index in [2.05, 4.69) is 34.4 Å². The number of anilines is 1. The highest BCUT2D eigenvalue weighted by Crippen LogP contribution is 2.21. The van der Waals surface area contributed by atoms with Crippen molar-refractivity contribution in [1.29, 1.82) is 0 Å². The van der Waals surface area contributed by atoms with Gasteiger partial charge in [-0.1, -0.05) is 49.4 Å². The largest absolute Gasteiger partial charge is 0.328 e. The Morgan fingerprint density at radius 2 is 1.61 bits per heavy atom. The monoisotopic (exact) mass is 433 g/mol. The van der Waals surface area contributed by atoms with Gasteiger partial charge in [-0.3, -0.25) is 4.72 Å². The number of hydrogen-bond donors (Lipinski definition) is 1. The molecule has 0 aliphatic heterocycles. The topological polar surface area (TPSA) is 64.0 Å². The minimum Gasteiger partial charge on any atom is -0.328 e. The summed E-state index contributed by atoms with van der Waals surface area (Å²) in [7, 11) is -3.60. The molecule has 0 atom stereocenters. The third-order valence-electron chi connectivity index (χ3n) is 5.41. The van der Waals surface area contributed by atoms with Gasteiger partial charge in [0, 0.05) is 18.7 Å². The van der Waals surface area contributed by atoms with Crippen LogP contribution in [0.3, 0.4) is 0 Å². The van der Waals surface area contributed by atoms with Gasteiger partial charge in [-0.2, -0.15) is 0 Å². The molecule has 1 aromatic heterocycles. The van der Waals surface area contributed by atoms with Crippen LogP contribution in [-0.2, 0) is 29.4 Å². The van der Waals surface area contributed by atoms with Crippen LogP contribution < -0.4 is 4.72 Å². The maximum absolute atomic E-state index is 12.7. The van der Waals surface area contributed by atoms with Gasteiger partial charge in [-0.25, -0.2) is 13.4 Å². The molecule has 3 aromatic carbocycles. The van der Waals surface area contributed by atoms with Crippen LogP contribution in [0.1, 0.15) is 30.3 Å². The number of aryl methyl sites for hydroxylation is 4. The van der Waals surface area contributed by atoms with Crippen LogP contribution in [-0.4, -0.2) is 18.0 Å². The quantitative estimate of drug-likeness (QED) is 0.408. The van der Waals surface area contributed by atoms with Gasteiger partial charge < -0.3 is 4.57 Å². The van der Waals surface area contributed by atoms with Gasteiger partial charge in [0.1, 0.15) is 5.82 Å². The summed E-state index contributed by atoms with van der Waals surface area (Å²) in [5.41, 5.74) is 4.65. The van der Waals surface area contributed by atoms with E-state index >= 15 is 0 Å². The summed E-state index contributed by atoms with van der Waals surface area (Å²) in [5.74, 6) is 1.09. The number of benzene rings is 3. The lowest BCUT2D eigenvalue weighted by atomic mass is 10.1. The molecule has 0 aliphatic rings. The second-order valence-corrected chi connectivity index (χ2v) is 9.39. The van der Waals surface area contributed by atoms with Gasteiger partial charge in [0.2, 0.25) is 0 Å². The molecular weight excluding hydrogens is 406 g/mol. The van der Waals surface area contributed by atoms with Gasteiger partial charge in [-0.15, -0.1) is 0 Å². The van der Waals surface area contributed by atoms with E-state index in [-0.39, 0.29) is 0 Å². The number of para-hydroxylation sites is 2. The average Bonchev–Trinajstić information content (AvgIpc) is 3.11. The molecular formula is C25H27N3O2S. The highest BCUT2D eigenvalue weighted by Gasteiger charge is 2.16. The molecule has 1 heterocycles. The molecule has 0 saturated carbocycles. The number of aromatic nitrogens is 2. The normalized spacial score (nSPS) is 11.7. The minimum absolute atomic E-state index is 0.300. The highest BCUT2D eigenvalue weighted by atomic mass is 32.2. The zero-order chi connectivity index (χ0) is 21.8. The lowest BCUT2D eigenvalue weighted by molar-refractivity contribution is 0.600. The van der Waals surface area contributed by atoms with Gasteiger partial charge in [0.15, 0.2) is 0 Å². The smallest absolute Gasteiger partial charge is 0.262 e. The molecule has 5 nitrogen and oxygen atoms in total. The van der Waals surface area contributed by atoms with Crippen molar-refractivity contribution in [3.8, 4) is 0 Å². The number of sulfonamides is 1. The molecule has 4 aromatic rings. The Morgan fingerprint density at radius 1 is 0.903 bits per heavy atom. The Hall–Kier alpha value is -3.12. The van der Waals surface area contributed by atoms with Gasteiger partial charge in [-0.05, 0) is 61.2 Å². The number of rotatable bonds is 8. The first kappa shape index (κ1) is 21.1. The molecule has 0 fully saturated rings. The standard InChI is InChI=1S/C25H27N3O2S/c1-3-18-28-23-10-6-5-9-22(23)26-25(28)17-14-20-12-15-21(16-13-20)27-31(29,30)24-11-7-4-8-19(24)2/h4-13,15-16,27H,3,14,17-18H2,1-2H3. The minimum atomic E-state index is -3.60. The maximum atomic E-state index is 12.7. The van der Waals surface area contributed by atoms with Crippen molar-refractivity contribution in [2.24, 2.45) is 0 Å². The van der Waals surface area contributed by atoms with E-state index in [0.717, 1.165) is 48.3 Å². The summed E-state index contributed by atoms with van der Waals surface area (Å²) >= 11 is 0. The third-order valence-corrected chi connectivity index (χ3v) is 6.95. The zero-order valence-corrected chi connectivity index (χ0v) is 18.7. The highest BCUT2D eigenvalue weighted by molar-refractivity contribution is 7.92. The first-order chi connectivity index (χ1) is 15.0. The number of hydrogen-bond acceptors (Lipinski definition) is 3. The van der Waals surface area contributed by atoms with Crippen LogP contribution in [0.5, 0.6) is 0 Å². The molecule has 0 radical (unpaired) electrons. The predicted octanol–water partition coefficient (Wildman–Crippen LogP) is 5.34. The van der Waals surface area contributed by atoms with Crippen molar-refractivity contribution in [3.63, 3.8) is 0 Å². The van der Waals surface area contributed by atoms with Crippen LogP contribution >= 0.6 is 0 Å². The molecule has 1 N–H and O–H groups in total. The van der Waals surface area contributed by atoms with Crippen LogP contribution in [0, 0.1) is 6.92 Å².